The number of hydrogen-bond acceptors (Lipinski definition) is 5. The average molecular weight is 368 g/mol. The molecule has 1 spiro atoms. The van der Waals surface area contributed by atoms with Gasteiger partial charge in [-0.15, -0.1) is 0 Å². The summed E-state index contributed by atoms with van der Waals surface area (Å²) in [6.07, 6.45) is 6.88. The first-order chi connectivity index (χ1) is 13.0. The van der Waals surface area contributed by atoms with Gasteiger partial charge >= 0.3 is 0 Å². The van der Waals surface area contributed by atoms with Crippen molar-refractivity contribution in [3.05, 3.63) is 47.6 Å². The molecule has 0 aromatic carbocycles. The molecule has 2 aromatic rings. The van der Waals surface area contributed by atoms with Gasteiger partial charge in [0.25, 0.3) is 5.91 Å². The Kier molecular flexibility index (Phi) is 4.68. The number of aromatic nitrogens is 2. The molecule has 0 unspecified atom stereocenters. The van der Waals surface area contributed by atoms with E-state index in [-0.39, 0.29) is 17.2 Å². The maximum atomic E-state index is 12.8. The maximum absolute atomic E-state index is 12.8. The third kappa shape index (κ3) is 3.72. The maximum Gasteiger partial charge on any atom is 0.276 e. The molecule has 7 heteroatoms. The van der Waals surface area contributed by atoms with Crippen LogP contribution >= 0.6 is 0 Å². The molecule has 1 atom stereocenters. The van der Waals surface area contributed by atoms with Crippen LogP contribution in [0.2, 0.25) is 0 Å². The van der Waals surface area contributed by atoms with Crippen molar-refractivity contribution < 1.29 is 14.1 Å². The summed E-state index contributed by atoms with van der Waals surface area (Å²) in [4.78, 5) is 33.2. The van der Waals surface area contributed by atoms with Gasteiger partial charge in [-0.25, -0.2) is 0 Å². The lowest BCUT2D eigenvalue weighted by Crippen LogP contribution is -2.54. The fraction of sp³-hybridized carbons (Fsp3) is 0.500. The molecule has 27 heavy (non-hydrogen) atoms. The third-order valence-corrected chi connectivity index (χ3v) is 5.64. The van der Waals surface area contributed by atoms with Gasteiger partial charge in [-0.05, 0) is 37.8 Å². The van der Waals surface area contributed by atoms with Gasteiger partial charge in [-0.2, -0.15) is 0 Å². The minimum atomic E-state index is -0.0818. The van der Waals surface area contributed by atoms with Crippen molar-refractivity contribution in [1.82, 2.24) is 19.9 Å². The molecule has 2 aromatic heterocycles. The second-order valence-corrected chi connectivity index (χ2v) is 7.76. The highest BCUT2D eigenvalue weighted by molar-refractivity contribution is 5.92. The van der Waals surface area contributed by atoms with Crippen LogP contribution in [0.1, 0.15) is 47.5 Å². The molecular weight excluding hydrogens is 344 g/mol. The number of amides is 2. The molecule has 0 N–H and O–H groups in total. The zero-order chi connectivity index (χ0) is 18.9. The predicted octanol–water partition coefficient (Wildman–Crippen LogP) is 2.42. The molecule has 4 heterocycles. The molecule has 0 bridgehead atoms. The van der Waals surface area contributed by atoms with Gasteiger partial charge in [0.1, 0.15) is 5.76 Å². The Balaban J connectivity index is 1.48. The first kappa shape index (κ1) is 17.7. The van der Waals surface area contributed by atoms with Crippen LogP contribution in [-0.2, 0) is 11.3 Å². The zero-order valence-electron chi connectivity index (χ0n) is 15.6. The highest BCUT2D eigenvalue weighted by atomic mass is 16.5. The molecule has 2 aliphatic rings. The van der Waals surface area contributed by atoms with E-state index in [0.717, 1.165) is 31.4 Å². The van der Waals surface area contributed by atoms with Crippen LogP contribution in [0.3, 0.4) is 0 Å². The molecule has 2 fully saturated rings. The van der Waals surface area contributed by atoms with E-state index < -0.39 is 0 Å². The first-order valence-electron chi connectivity index (χ1n) is 9.44. The molecule has 2 aliphatic heterocycles. The van der Waals surface area contributed by atoms with Gasteiger partial charge in [0, 0.05) is 56.5 Å². The van der Waals surface area contributed by atoms with E-state index in [1.54, 1.807) is 25.4 Å². The number of pyridine rings is 1. The fourth-order valence-corrected chi connectivity index (χ4v) is 4.30. The summed E-state index contributed by atoms with van der Waals surface area (Å²) in [7, 11) is 0. The summed E-state index contributed by atoms with van der Waals surface area (Å²) in [5, 5.41) is 3.87. The van der Waals surface area contributed by atoms with Gasteiger partial charge in [0.15, 0.2) is 5.69 Å². The minimum absolute atomic E-state index is 0.0389. The van der Waals surface area contributed by atoms with Crippen molar-refractivity contribution in [2.45, 2.75) is 39.2 Å². The summed E-state index contributed by atoms with van der Waals surface area (Å²) in [6.45, 7) is 4.43. The van der Waals surface area contributed by atoms with Gasteiger partial charge in [-0.1, -0.05) is 11.2 Å². The van der Waals surface area contributed by atoms with E-state index in [9.17, 15) is 9.59 Å². The van der Waals surface area contributed by atoms with Gasteiger partial charge in [-0.3, -0.25) is 14.6 Å². The lowest BCUT2D eigenvalue weighted by atomic mass is 9.73. The molecule has 0 saturated carbocycles. The summed E-state index contributed by atoms with van der Waals surface area (Å²) in [6, 6.07) is 5.56. The minimum Gasteiger partial charge on any atom is -0.361 e. The van der Waals surface area contributed by atoms with E-state index in [4.69, 9.17) is 4.52 Å². The predicted molar refractivity (Wildman–Crippen MR) is 97.7 cm³/mol. The molecule has 142 valence electrons. The van der Waals surface area contributed by atoms with Crippen LogP contribution in [0, 0.1) is 12.3 Å². The van der Waals surface area contributed by atoms with E-state index in [2.05, 4.69) is 10.1 Å². The van der Waals surface area contributed by atoms with Gasteiger partial charge < -0.3 is 14.3 Å². The molecule has 2 saturated heterocycles. The fourth-order valence-electron chi connectivity index (χ4n) is 4.30. The number of carbonyl (C=O) groups is 2. The van der Waals surface area contributed by atoms with Crippen LogP contribution in [-0.4, -0.2) is 51.4 Å². The summed E-state index contributed by atoms with van der Waals surface area (Å²) >= 11 is 0. The number of rotatable bonds is 3. The SMILES string of the molecule is Cc1cc(C(=O)N2CCC[C@]3(CCC(=O)N(Cc4cccnc4)C3)C2)no1. The quantitative estimate of drug-likeness (QED) is 0.831. The largest absolute Gasteiger partial charge is 0.361 e. The Morgan fingerprint density at radius 3 is 2.96 bits per heavy atom. The smallest absolute Gasteiger partial charge is 0.276 e. The molecule has 7 nitrogen and oxygen atoms in total. The Bertz CT molecular complexity index is 835. The number of aryl methyl sites for hydroxylation is 1. The molecule has 0 radical (unpaired) electrons. The Labute approximate surface area is 158 Å². The van der Waals surface area contributed by atoms with Gasteiger partial charge in [0.05, 0.1) is 0 Å². The third-order valence-electron chi connectivity index (χ3n) is 5.64. The van der Waals surface area contributed by atoms with Crippen molar-refractivity contribution >= 4 is 11.8 Å². The van der Waals surface area contributed by atoms with Crippen LogP contribution in [0.4, 0.5) is 0 Å². The van der Waals surface area contributed by atoms with Crippen molar-refractivity contribution in [1.29, 1.82) is 0 Å². The number of likely N-dealkylation sites (tertiary alicyclic amines) is 2. The monoisotopic (exact) mass is 368 g/mol. The highest BCUT2D eigenvalue weighted by Gasteiger charge is 2.43. The molecule has 0 aliphatic carbocycles. The van der Waals surface area contributed by atoms with Crippen LogP contribution < -0.4 is 0 Å². The lowest BCUT2D eigenvalue weighted by molar-refractivity contribution is -0.139. The van der Waals surface area contributed by atoms with E-state index in [1.807, 2.05) is 21.9 Å². The number of hydrogen-bond donors (Lipinski definition) is 0. The lowest BCUT2D eigenvalue weighted by Gasteiger charge is -2.48. The van der Waals surface area contributed by atoms with Crippen LogP contribution in [0.15, 0.2) is 35.1 Å². The van der Waals surface area contributed by atoms with Crippen LogP contribution in [0.25, 0.3) is 0 Å². The van der Waals surface area contributed by atoms with E-state index in [1.165, 1.54) is 0 Å². The van der Waals surface area contributed by atoms with Crippen molar-refractivity contribution in [3.63, 3.8) is 0 Å². The van der Waals surface area contributed by atoms with Crippen LogP contribution in [0.5, 0.6) is 0 Å². The number of carbonyl (C=O) groups excluding carboxylic acids is 2. The van der Waals surface area contributed by atoms with Crippen molar-refractivity contribution in [2.24, 2.45) is 5.41 Å². The van der Waals surface area contributed by atoms with E-state index in [0.29, 0.717) is 37.5 Å². The Morgan fingerprint density at radius 2 is 2.22 bits per heavy atom. The Hall–Kier alpha value is -2.70. The number of piperidine rings is 2. The average Bonchev–Trinajstić information content (AvgIpc) is 3.12. The molecular formula is C20H24N4O3. The number of nitrogens with zero attached hydrogens (tertiary/aromatic N) is 4. The highest BCUT2D eigenvalue weighted by Crippen LogP contribution is 2.39. The van der Waals surface area contributed by atoms with E-state index >= 15 is 0 Å². The summed E-state index contributed by atoms with van der Waals surface area (Å²) in [5.41, 5.74) is 1.36. The normalized spacial score (nSPS) is 23.1. The first-order valence-corrected chi connectivity index (χ1v) is 9.44. The summed E-state index contributed by atoms with van der Waals surface area (Å²) in [5.74, 6) is 0.734. The second-order valence-electron chi connectivity index (χ2n) is 7.76. The van der Waals surface area contributed by atoms with Crippen molar-refractivity contribution in [2.75, 3.05) is 19.6 Å². The molecule has 4 rings (SSSR count). The topological polar surface area (TPSA) is 79.5 Å². The van der Waals surface area contributed by atoms with Gasteiger partial charge in [0.2, 0.25) is 5.91 Å². The standard InChI is InChI=1S/C20H24N4O3/c1-15-10-17(22-27-15)19(26)23-9-3-6-20(13-23)7-5-18(25)24(14-20)12-16-4-2-8-21-11-16/h2,4,8,10-11H,3,5-7,9,12-14H2,1H3/t20-/m0/s1. The van der Waals surface area contributed by atoms with Crippen molar-refractivity contribution in [3.8, 4) is 0 Å². The summed E-state index contributed by atoms with van der Waals surface area (Å²) < 4.78 is 5.05. The zero-order valence-corrected chi connectivity index (χ0v) is 15.6. The molecule has 2 amide bonds. The Morgan fingerprint density at radius 1 is 1.33 bits per heavy atom. The second kappa shape index (κ2) is 7.13.